The Morgan fingerprint density at radius 1 is 1.06 bits per heavy atom. The first kappa shape index (κ1) is 11.0. The SMILES string of the molecule is COC(C)CNC1C2CC3CC(C2)CC1C3. The Bertz CT molecular complexity index is 225. The zero-order valence-electron chi connectivity index (χ0n) is 10.6. The molecule has 16 heavy (non-hydrogen) atoms. The lowest BCUT2D eigenvalue weighted by atomic mass is 9.54. The van der Waals surface area contributed by atoms with Crippen LogP contribution in [0.2, 0.25) is 0 Å². The molecule has 4 aliphatic carbocycles. The van der Waals surface area contributed by atoms with Crippen molar-refractivity contribution in [2.24, 2.45) is 23.7 Å². The average molecular weight is 223 g/mol. The lowest BCUT2D eigenvalue weighted by molar-refractivity contribution is -0.0183. The largest absolute Gasteiger partial charge is 0.380 e. The number of methoxy groups -OCH3 is 1. The molecular weight excluding hydrogens is 198 g/mol. The summed E-state index contributed by atoms with van der Waals surface area (Å²) < 4.78 is 5.33. The molecule has 1 atom stereocenters. The molecule has 4 fully saturated rings. The molecule has 4 bridgehead atoms. The van der Waals surface area contributed by atoms with E-state index in [0.29, 0.717) is 6.10 Å². The van der Waals surface area contributed by atoms with Crippen molar-refractivity contribution >= 4 is 0 Å². The van der Waals surface area contributed by atoms with E-state index in [1.807, 2.05) is 7.11 Å². The Labute approximate surface area is 99.1 Å². The van der Waals surface area contributed by atoms with Gasteiger partial charge in [0.2, 0.25) is 0 Å². The Hall–Kier alpha value is -0.0800. The van der Waals surface area contributed by atoms with Crippen LogP contribution in [-0.2, 0) is 4.74 Å². The topological polar surface area (TPSA) is 21.3 Å². The standard InChI is InChI=1S/C14H25NO/c1-9(16-2)8-15-14-12-4-10-3-11(6-12)7-13(14)5-10/h9-15H,3-8H2,1-2H3. The average Bonchev–Trinajstić information content (AvgIpc) is 2.26. The van der Waals surface area contributed by atoms with Gasteiger partial charge in [-0.05, 0) is 62.7 Å². The van der Waals surface area contributed by atoms with Gasteiger partial charge in [0, 0.05) is 19.7 Å². The van der Waals surface area contributed by atoms with Crippen molar-refractivity contribution in [1.29, 1.82) is 0 Å². The molecule has 2 heteroatoms. The van der Waals surface area contributed by atoms with Gasteiger partial charge >= 0.3 is 0 Å². The van der Waals surface area contributed by atoms with Crippen LogP contribution in [0, 0.1) is 23.7 Å². The minimum absolute atomic E-state index is 0.359. The number of hydrogen-bond donors (Lipinski definition) is 1. The number of nitrogens with one attached hydrogen (secondary N) is 1. The third-order valence-electron chi connectivity index (χ3n) is 5.27. The lowest BCUT2D eigenvalue weighted by Crippen LogP contribution is -2.55. The second-order valence-corrected chi connectivity index (χ2v) is 6.41. The molecule has 92 valence electrons. The molecule has 0 aliphatic heterocycles. The molecule has 4 aliphatic rings. The molecule has 2 nitrogen and oxygen atoms in total. The number of ether oxygens (including phenoxy) is 1. The summed E-state index contributed by atoms with van der Waals surface area (Å²) in [5.41, 5.74) is 0. The summed E-state index contributed by atoms with van der Waals surface area (Å²) in [4.78, 5) is 0. The highest BCUT2D eigenvalue weighted by Crippen LogP contribution is 2.53. The maximum atomic E-state index is 5.33. The van der Waals surface area contributed by atoms with Gasteiger partial charge in [0.1, 0.15) is 0 Å². The molecule has 0 aromatic heterocycles. The Morgan fingerprint density at radius 3 is 2.12 bits per heavy atom. The number of rotatable bonds is 4. The minimum atomic E-state index is 0.359. The maximum absolute atomic E-state index is 5.33. The predicted molar refractivity (Wildman–Crippen MR) is 65.3 cm³/mol. The molecule has 1 unspecified atom stereocenters. The van der Waals surface area contributed by atoms with E-state index >= 15 is 0 Å². The van der Waals surface area contributed by atoms with Crippen LogP contribution in [0.15, 0.2) is 0 Å². The van der Waals surface area contributed by atoms with Crippen molar-refractivity contribution in [2.75, 3.05) is 13.7 Å². The van der Waals surface area contributed by atoms with Gasteiger partial charge < -0.3 is 10.1 Å². The van der Waals surface area contributed by atoms with Crippen LogP contribution in [0.5, 0.6) is 0 Å². The molecule has 0 saturated heterocycles. The number of hydrogen-bond acceptors (Lipinski definition) is 2. The predicted octanol–water partition coefficient (Wildman–Crippen LogP) is 2.44. The summed E-state index contributed by atoms with van der Waals surface area (Å²) in [5.74, 6) is 4.14. The van der Waals surface area contributed by atoms with Gasteiger partial charge in [-0.3, -0.25) is 0 Å². The first-order valence-electron chi connectivity index (χ1n) is 7.02. The van der Waals surface area contributed by atoms with Gasteiger partial charge in [0.05, 0.1) is 6.10 Å². The highest BCUT2D eigenvalue weighted by atomic mass is 16.5. The van der Waals surface area contributed by atoms with Gasteiger partial charge in [-0.25, -0.2) is 0 Å². The summed E-state index contributed by atoms with van der Waals surface area (Å²) in [5, 5.41) is 3.79. The van der Waals surface area contributed by atoms with Crippen LogP contribution in [-0.4, -0.2) is 25.8 Å². The monoisotopic (exact) mass is 223 g/mol. The van der Waals surface area contributed by atoms with Crippen LogP contribution < -0.4 is 5.32 Å². The third kappa shape index (κ3) is 1.91. The van der Waals surface area contributed by atoms with Crippen molar-refractivity contribution in [3.8, 4) is 0 Å². The van der Waals surface area contributed by atoms with Crippen LogP contribution in [0.4, 0.5) is 0 Å². The summed E-state index contributed by atoms with van der Waals surface area (Å²) in [7, 11) is 1.81. The summed E-state index contributed by atoms with van der Waals surface area (Å²) in [6.45, 7) is 3.19. The molecule has 0 radical (unpaired) electrons. The van der Waals surface area contributed by atoms with E-state index in [1.165, 1.54) is 25.7 Å². The molecule has 0 spiro atoms. The molecule has 1 N–H and O–H groups in total. The van der Waals surface area contributed by atoms with Gasteiger partial charge in [-0.2, -0.15) is 0 Å². The van der Waals surface area contributed by atoms with Crippen molar-refractivity contribution in [3.63, 3.8) is 0 Å². The zero-order chi connectivity index (χ0) is 11.1. The van der Waals surface area contributed by atoms with E-state index in [1.54, 1.807) is 6.42 Å². The fourth-order valence-corrected chi connectivity index (χ4v) is 4.64. The fourth-order valence-electron chi connectivity index (χ4n) is 4.64. The van der Waals surface area contributed by atoms with Crippen molar-refractivity contribution in [3.05, 3.63) is 0 Å². The van der Waals surface area contributed by atoms with Gasteiger partial charge in [-0.1, -0.05) is 0 Å². The Balaban J connectivity index is 1.59. The van der Waals surface area contributed by atoms with Crippen LogP contribution in [0.1, 0.15) is 39.0 Å². The molecule has 0 amide bonds. The van der Waals surface area contributed by atoms with Crippen LogP contribution in [0.25, 0.3) is 0 Å². The van der Waals surface area contributed by atoms with E-state index in [-0.39, 0.29) is 0 Å². The van der Waals surface area contributed by atoms with Gasteiger partial charge in [0.15, 0.2) is 0 Å². The summed E-state index contributed by atoms with van der Waals surface area (Å²) in [6.07, 6.45) is 7.93. The van der Waals surface area contributed by atoms with Crippen LogP contribution >= 0.6 is 0 Å². The fraction of sp³-hybridized carbons (Fsp3) is 1.00. The highest BCUT2D eigenvalue weighted by molar-refractivity contribution is 5.01. The summed E-state index contributed by atoms with van der Waals surface area (Å²) >= 11 is 0. The molecule has 0 aromatic rings. The molecule has 0 aromatic carbocycles. The molecule has 0 heterocycles. The maximum Gasteiger partial charge on any atom is 0.0667 e. The molecule has 4 saturated carbocycles. The second-order valence-electron chi connectivity index (χ2n) is 6.41. The molecular formula is C14H25NO. The lowest BCUT2D eigenvalue weighted by Gasteiger charge is -2.54. The third-order valence-corrected chi connectivity index (χ3v) is 5.27. The van der Waals surface area contributed by atoms with Crippen molar-refractivity contribution in [1.82, 2.24) is 5.32 Å². The van der Waals surface area contributed by atoms with Gasteiger partial charge in [0.25, 0.3) is 0 Å². The van der Waals surface area contributed by atoms with E-state index in [2.05, 4.69) is 12.2 Å². The van der Waals surface area contributed by atoms with E-state index in [9.17, 15) is 0 Å². The normalized spacial score (nSPS) is 47.2. The quantitative estimate of drug-likeness (QED) is 0.790. The van der Waals surface area contributed by atoms with Crippen molar-refractivity contribution in [2.45, 2.75) is 51.2 Å². The van der Waals surface area contributed by atoms with E-state index in [4.69, 9.17) is 4.74 Å². The van der Waals surface area contributed by atoms with Crippen molar-refractivity contribution < 1.29 is 4.74 Å². The Kier molecular flexibility index (Phi) is 2.97. The minimum Gasteiger partial charge on any atom is -0.380 e. The second kappa shape index (κ2) is 4.30. The first-order chi connectivity index (χ1) is 7.76. The van der Waals surface area contributed by atoms with E-state index < -0.39 is 0 Å². The smallest absolute Gasteiger partial charge is 0.0667 e. The molecule has 4 rings (SSSR count). The summed E-state index contributed by atoms with van der Waals surface area (Å²) in [6, 6.07) is 0.811. The van der Waals surface area contributed by atoms with E-state index in [0.717, 1.165) is 36.3 Å². The highest BCUT2D eigenvalue weighted by Gasteiger charge is 2.47. The first-order valence-corrected chi connectivity index (χ1v) is 7.02. The van der Waals surface area contributed by atoms with Crippen LogP contribution in [0.3, 0.4) is 0 Å². The van der Waals surface area contributed by atoms with Gasteiger partial charge in [-0.15, -0.1) is 0 Å². The Morgan fingerprint density at radius 2 is 1.62 bits per heavy atom. The zero-order valence-corrected chi connectivity index (χ0v) is 10.6.